The highest BCUT2D eigenvalue weighted by Crippen LogP contribution is 2.13. The van der Waals surface area contributed by atoms with E-state index in [2.05, 4.69) is 5.32 Å². The number of hydrogen-bond acceptors (Lipinski definition) is 6. The highest BCUT2D eigenvalue weighted by Gasteiger charge is 2.12. The van der Waals surface area contributed by atoms with Crippen LogP contribution in [0.5, 0.6) is 5.75 Å². The molecule has 2 rings (SSSR count). The number of halogens is 1. The summed E-state index contributed by atoms with van der Waals surface area (Å²) in [4.78, 5) is 33.5. The zero-order chi connectivity index (χ0) is 18.9. The summed E-state index contributed by atoms with van der Waals surface area (Å²) < 4.78 is 22.8. The smallest absolute Gasteiger partial charge is 0.325 e. The minimum absolute atomic E-state index is 0.0527. The van der Waals surface area contributed by atoms with Crippen molar-refractivity contribution in [2.24, 2.45) is 0 Å². The molecular formula is C17H15FN2O6. The molecule has 1 amide bonds. The van der Waals surface area contributed by atoms with Crippen molar-refractivity contribution in [2.45, 2.75) is 0 Å². The van der Waals surface area contributed by atoms with E-state index in [1.165, 1.54) is 42.5 Å². The van der Waals surface area contributed by atoms with Crippen molar-refractivity contribution in [3.63, 3.8) is 0 Å². The molecular weight excluding hydrogens is 347 g/mol. The monoisotopic (exact) mass is 362 g/mol. The summed E-state index contributed by atoms with van der Waals surface area (Å²) >= 11 is 0. The van der Waals surface area contributed by atoms with Crippen LogP contribution in [0.3, 0.4) is 0 Å². The van der Waals surface area contributed by atoms with E-state index in [1.807, 2.05) is 0 Å². The molecule has 8 nitrogen and oxygen atoms in total. The molecule has 0 fully saturated rings. The Bertz CT molecular complexity index is 794. The third-order valence-corrected chi connectivity index (χ3v) is 3.14. The summed E-state index contributed by atoms with van der Waals surface area (Å²) in [6, 6.07) is 10.5. The second kappa shape index (κ2) is 9.11. The summed E-state index contributed by atoms with van der Waals surface area (Å²) in [5.41, 5.74) is -0.162. The Morgan fingerprint density at radius 1 is 1.12 bits per heavy atom. The van der Waals surface area contributed by atoms with Gasteiger partial charge in [-0.05, 0) is 30.3 Å². The third kappa shape index (κ3) is 5.86. The van der Waals surface area contributed by atoms with Gasteiger partial charge in [-0.15, -0.1) is 0 Å². The average molecular weight is 362 g/mol. The average Bonchev–Trinajstić information content (AvgIpc) is 2.64. The molecule has 0 radical (unpaired) electrons. The van der Waals surface area contributed by atoms with E-state index >= 15 is 0 Å². The Balaban J connectivity index is 1.69. The quantitative estimate of drug-likeness (QED) is 0.333. The minimum atomic E-state index is -0.688. The van der Waals surface area contributed by atoms with Gasteiger partial charge in [0.05, 0.1) is 4.92 Å². The molecule has 1 N–H and O–H groups in total. The van der Waals surface area contributed by atoms with Crippen molar-refractivity contribution in [3.8, 4) is 5.75 Å². The summed E-state index contributed by atoms with van der Waals surface area (Å²) in [5.74, 6) is -1.27. The van der Waals surface area contributed by atoms with Crippen LogP contribution < -0.4 is 10.1 Å². The van der Waals surface area contributed by atoms with E-state index in [1.54, 1.807) is 0 Å². The van der Waals surface area contributed by atoms with Gasteiger partial charge in [-0.1, -0.05) is 6.07 Å². The molecule has 0 saturated carbocycles. The number of amides is 1. The van der Waals surface area contributed by atoms with Gasteiger partial charge in [-0.3, -0.25) is 19.7 Å². The first-order chi connectivity index (χ1) is 12.5. The molecule has 0 unspecified atom stereocenters. The fourth-order valence-electron chi connectivity index (χ4n) is 1.91. The van der Waals surface area contributed by atoms with E-state index in [9.17, 15) is 24.1 Å². The molecule has 136 valence electrons. The Kier molecular flexibility index (Phi) is 6.60. The van der Waals surface area contributed by atoms with Crippen molar-refractivity contribution in [1.29, 1.82) is 0 Å². The second-order valence-corrected chi connectivity index (χ2v) is 5.01. The molecule has 0 aromatic heterocycles. The maximum absolute atomic E-state index is 12.7. The number of benzene rings is 2. The van der Waals surface area contributed by atoms with Gasteiger partial charge in [-0.25, -0.2) is 4.39 Å². The van der Waals surface area contributed by atoms with Crippen LogP contribution in [0.2, 0.25) is 0 Å². The van der Waals surface area contributed by atoms with Crippen LogP contribution in [0.25, 0.3) is 0 Å². The Morgan fingerprint density at radius 3 is 2.54 bits per heavy atom. The molecule has 0 bridgehead atoms. The van der Waals surface area contributed by atoms with Crippen molar-refractivity contribution in [1.82, 2.24) is 5.32 Å². The molecule has 26 heavy (non-hydrogen) atoms. The first kappa shape index (κ1) is 18.8. The van der Waals surface area contributed by atoms with E-state index in [-0.39, 0.29) is 30.3 Å². The van der Waals surface area contributed by atoms with Gasteiger partial charge < -0.3 is 14.8 Å². The number of nitro benzene ring substituents is 1. The Morgan fingerprint density at radius 2 is 1.85 bits per heavy atom. The SMILES string of the molecule is O=C(CNC(=O)c1cccc([N+](=O)[O-])c1)OCCOc1ccc(F)cc1. The topological polar surface area (TPSA) is 108 Å². The fourth-order valence-corrected chi connectivity index (χ4v) is 1.91. The van der Waals surface area contributed by atoms with E-state index < -0.39 is 23.3 Å². The number of nitrogens with zero attached hydrogens (tertiary/aromatic N) is 1. The van der Waals surface area contributed by atoms with Gasteiger partial charge in [0.2, 0.25) is 0 Å². The number of carbonyl (C=O) groups excluding carboxylic acids is 2. The zero-order valence-electron chi connectivity index (χ0n) is 13.5. The zero-order valence-corrected chi connectivity index (χ0v) is 13.5. The highest BCUT2D eigenvalue weighted by atomic mass is 19.1. The first-order valence-corrected chi connectivity index (χ1v) is 7.52. The highest BCUT2D eigenvalue weighted by molar-refractivity contribution is 5.96. The molecule has 2 aromatic rings. The van der Waals surface area contributed by atoms with Crippen LogP contribution >= 0.6 is 0 Å². The predicted octanol–water partition coefficient (Wildman–Crippen LogP) is 2.09. The van der Waals surface area contributed by atoms with Crippen LogP contribution in [0.1, 0.15) is 10.4 Å². The van der Waals surface area contributed by atoms with Gasteiger partial charge in [0.25, 0.3) is 11.6 Å². The van der Waals surface area contributed by atoms with Gasteiger partial charge >= 0.3 is 5.97 Å². The van der Waals surface area contributed by atoms with E-state index in [0.29, 0.717) is 5.75 Å². The summed E-state index contributed by atoms with van der Waals surface area (Å²) in [6.45, 7) is -0.378. The summed E-state index contributed by atoms with van der Waals surface area (Å²) in [5, 5.41) is 13.0. The molecule has 0 aliphatic rings. The number of hydrogen-bond donors (Lipinski definition) is 1. The van der Waals surface area contributed by atoms with Gasteiger partial charge in [0.1, 0.15) is 31.3 Å². The summed E-state index contributed by atoms with van der Waals surface area (Å²) in [6.07, 6.45) is 0. The van der Waals surface area contributed by atoms with E-state index in [4.69, 9.17) is 9.47 Å². The lowest BCUT2D eigenvalue weighted by molar-refractivity contribution is -0.384. The largest absolute Gasteiger partial charge is 0.490 e. The maximum Gasteiger partial charge on any atom is 0.325 e. The number of carbonyl (C=O) groups is 2. The number of esters is 1. The van der Waals surface area contributed by atoms with Crippen molar-refractivity contribution in [3.05, 3.63) is 70.0 Å². The number of non-ortho nitro benzene ring substituents is 1. The minimum Gasteiger partial charge on any atom is -0.490 e. The number of rotatable bonds is 8. The Labute approximate surface area is 147 Å². The molecule has 2 aromatic carbocycles. The number of nitro groups is 1. The van der Waals surface area contributed by atoms with Gasteiger partial charge in [0, 0.05) is 17.7 Å². The van der Waals surface area contributed by atoms with Gasteiger partial charge in [-0.2, -0.15) is 0 Å². The van der Waals surface area contributed by atoms with Gasteiger partial charge in [0.15, 0.2) is 0 Å². The molecule has 0 atom stereocenters. The normalized spacial score (nSPS) is 10.0. The van der Waals surface area contributed by atoms with Crippen molar-refractivity contribution in [2.75, 3.05) is 19.8 Å². The number of nitrogens with one attached hydrogen (secondary N) is 1. The lowest BCUT2D eigenvalue weighted by Crippen LogP contribution is -2.31. The van der Waals surface area contributed by atoms with Crippen LogP contribution in [0, 0.1) is 15.9 Å². The number of ether oxygens (including phenoxy) is 2. The second-order valence-electron chi connectivity index (χ2n) is 5.01. The predicted molar refractivity (Wildman–Crippen MR) is 88.3 cm³/mol. The lowest BCUT2D eigenvalue weighted by Gasteiger charge is -2.08. The van der Waals surface area contributed by atoms with Crippen LogP contribution in [0.4, 0.5) is 10.1 Å². The van der Waals surface area contributed by atoms with Crippen molar-refractivity contribution < 1.29 is 28.4 Å². The standard InChI is InChI=1S/C17H15FN2O6/c18-13-4-6-15(7-5-13)25-8-9-26-16(21)11-19-17(22)12-2-1-3-14(10-12)20(23)24/h1-7,10H,8-9,11H2,(H,19,22). The fraction of sp³-hybridized carbons (Fsp3) is 0.176. The molecule has 0 saturated heterocycles. The Hall–Kier alpha value is -3.49. The van der Waals surface area contributed by atoms with Crippen LogP contribution in [0.15, 0.2) is 48.5 Å². The third-order valence-electron chi connectivity index (χ3n) is 3.14. The first-order valence-electron chi connectivity index (χ1n) is 7.52. The van der Waals surface area contributed by atoms with Crippen molar-refractivity contribution >= 4 is 17.6 Å². The molecule has 0 aliphatic carbocycles. The lowest BCUT2D eigenvalue weighted by atomic mass is 10.2. The maximum atomic E-state index is 12.7. The molecule has 9 heteroatoms. The molecule has 0 heterocycles. The molecule has 0 aliphatic heterocycles. The van der Waals surface area contributed by atoms with Crippen LogP contribution in [-0.2, 0) is 9.53 Å². The molecule has 0 spiro atoms. The summed E-state index contributed by atoms with van der Waals surface area (Å²) in [7, 11) is 0. The van der Waals surface area contributed by atoms with Crippen LogP contribution in [-0.4, -0.2) is 36.6 Å². The van der Waals surface area contributed by atoms with E-state index in [0.717, 1.165) is 6.07 Å².